The van der Waals surface area contributed by atoms with Gasteiger partial charge in [-0.25, -0.2) is 4.39 Å². The number of benzene rings is 1. The fourth-order valence-electron chi connectivity index (χ4n) is 1.11. The second-order valence-corrected chi connectivity index (χ2v) is 3.35. The van der Waals surface area contributed by atoms with Gasteiger partial charge in [-0.05, 0) is 13.0 Å². The summed E-state index contributed by atoms with van der Waals surface area (Å²) in [5.74, 6) is -0.253. The minimum atomic E-state index is -0.728. The third-order valence-corrected chi connectivity index (χ3v) is 1.98. The SMILES string of the molecule is Cc1cc(OCCS)c(F)cc1[N+](=O)[O-]. The van der Waals surface area contributed by atoms with Crippen LogP contribution in [0.1, 0.15) is 5.56 Å². The van der Waals surface area contributed by atoms with Gasteiger partial charge in [0.25, 0.3) is 5.69 Å². The third kappa shape index (κ3) is 2.82. The fourth-order valence-corrected chi connectivity index (χ4v) is 1.20. The maximum Gasteiger partial charge on any atom is 0.275 e. The van der Waals surface area contributed by atoms with E-state index in [2.05, 4.69) is 12.6 Å². The van der Waals surface area contributed by atoms with Gasteiger partial charge in [0.1, 0.15) is 0 Å². The molecule has 0 saturated heterocycles. The predicted molar refractivity (Wildman–Crippen MR) is 57.1 cm³/mol. The van der Waals surface area contributed by atoms with E-state index in [0.717, 1.165) is 6.07 Å². The lowest BCUT2D eigenvalue weighted by Crippen LogP contribution is -2.02. The van der Waals surface area contributed by atoms with Crippen molar-refractivity contribution in [2.45, 2.75) is 6.92 Å². The Bertz CT molecular complexity index is 384. The Labute approximate surface area is 91.6 Å². The van der Waals surface area contributed by atoms with E-state index < -0.39 is 10.7 Å². The highest BCUT2D eigenvalue weighted by molar-refractivity contribution is 7.80. The molecule has 0 unspecified atom stereocenters. The molecule has 6 heteroatoms. The normalized spacial score (nSPS) is 10.1. The zero-order valence-electron chi connectivity index (χ0n) is 8.07. The predicted octanol–water partition coefficient (Wildman–Crippen LogP) is 2.35. The highest BCUT2D eigenvalue weighted by atomic mass is 32.1. The number of hydrogen-bond acceptors (Lipinski definition) is 4. The average molecular weight is 231 g/mol. The van der Waals surface area contributed by atoms with E-state index in [1.165, 1.54) is 13.0 Å². The van der Waals surface area contributed by atoms with Crippen molar-refractivity contribution < 1.29 is 14.1 Å². The van der Waals surface area contributed by atoms with Crippen LogP contribution < -0.4 is 4.74 Å². The number of thiol groups is 1. The van der Waals surface area contributed by atoms with Gasteiger partial charge in [0, 0.05) is 11.3 Å². The molecule has 0 aliphatic carbocycles. The summed E-state index contributed by atoms with van der Waals surface area (Å²) in [6.45, 7) is 1.79. The molecule has 0 aromatic heterocycles. The molecule has 0 atom stereocenters. The summed E-state index contributed by atoms with van der Waals surface area (Å²) in [5, 5.41) is 10.5. The quantitative estimate of drug-likeness (QED) is 0.491. The van der Waals surface area contributed by atoms with Gasteiger partial charge in [-0.15, -0.1) is 0 Å². The van der Waals surface area contributed by atoms with Gasteiger partial charge in [0.2, 0.25) is 0 Å². The summed E-state index contributed by atoms with van der Waals surface area (Å²) in [7, 11) is 0. The zero-order valence-corrected chi connectivity index (χ0v) is 8.96. The van der Waals surface area contributed by atoms with E-state index in [4.69, 9.17) is 4.74 Å². The van der Waals surface area contributed by atoms with E-state index in [-0.39, 0.29) is 18.0 Å². The molecule has 1 rings (SSSR count). The molecular weight excluding hydrogens is 221 g/mol. The van der Waals surface area contributed by atoms with Gasteiger partial charge in [-0.1, -0.05) is 0 Å². The molecule has 0 heterocycles. The summed E-state index contributed by atoms with van der Waals surface area (Å²) < 4.78 is 18.3. The van der Waals surface area contributed by atoms with Gasteiger partial charge >= 0.3 is 0 Å². The Hall–Kier alpha value is -1.30. The average Bonchev–Trinajstić information content (AvgIpc) is 2.18. The number of hydrogen-bond donors (Lipinski definition) is 1. The van der Waals surface area contributed by atoms with Crippen molar-refractivity contribution in [2.75, 3.05) is 12.4 Å². The van der Waals surface area contributed by atoms with Crippen LogP contribution in [0, 0.1) is 22.9 Å². The van der Waals surface area contributed by atoms with E-state index in [1.807, 2.05) is 0 Å². The van der Waals surface area contributed by atoms with Crippen molar-refractivity contribution >= 4 is 18.3 Å². The molecule has 1 aromatic carbocycles. The van der Waals surface area contributed by atoms with Crippen LogP contribution in [-0.4, -0.2) is 17.3 Å². The summed E-state index contributed by atoms with van der Waals surface area (Å²) >= 11 is 3.91. The van der Waals surface area contributed by atoms with Crippen LogP contribution in [-0.2, 0) is 0 Å². The second kappa shape index (κ2) is 4.97. The van der Waals surface area contributed by atoms with E-state index in [9.17, 15) is 14.5 Å². The monoisotopic (exact) mass is 231 g/mol. The maximum absolute atomic E-state index is 13.3. The van der Waals surface area contributed by atoms with Crippen LogP contribution in [0.2, 0.25) is 0 Å². The number of aryl methyl sites for hydroxylation is 1. The molecule has 0 bridgehead atoms. The molecule has 0 aliphatic rings. The van der Waals surface area contributed by atoms with Crippen LogP contribution in [0.25, 0.3) is 0 Å². The van der Waals surface area contributed by atoms with Crippen LogP contribution in [0.5, 0.6) is 5.75 Å². The third-order valence-electron chi connectivity index (χ3n) is 1.80. The smallest absolute Gasteiger partial charge is 0.275 e. The van der Waals surface area contributed by atoms with Crippen molar-refractivity contribution in [3.05, 3.63) is 33.6 Å². The van der Waals surface area contributed by atoms with E-state index in [1.54, 1.807) is 0 Å². The second-order valence-electron chi connectivity index (χ2n) is 2.90. The zero-order chi connectivity index (χ0) is 11.4. The van der Waals surface area contributed by atoms with Gasteiger partial charge in [0.15, 0.2) is 11.6 Å². The van der Waals surface area contributed by atoms with Crippen LogP contribution >= 0.6 is 12.6 Å². The number of nitro groups is 1. The molecule has 0 fully saturated rings. The van der Waals surface area contributed by atoms with Crippen LogP contribution in [0.3, 0.4) is 0 Å². The molecule has 0 N–H and O–H groups in total. The van der Waals surface area contributed by atoms with Gasteiger partial charge in [-0.3, -0.25) is 10.1 Å². The Morgan fingerprint density at radius 2 is 2.27 bits per heavy atom. The van der Waals surface area contributed by atoms with Crippen molar-refractivity contribution in [2.24, 2.45) is 0 Å². The van der Waals surface area contributed by atoms with Crippen LogP contribution in [0.4, 0.5) is 10.1 Å². The molecule has 0 aliphatic heterocycles. The van der Waals surface area contributed by atoms with Crippen molar-refractivity contribution in [1.29, 1.82) is 0 Å². The molecule has 0 spiro atoms. The molecule has 1 aromatic rings. The first-order valence-corrected chi connectivity index (χ1v) is 4.87. The Kier molecular flexibility index (Phi) is 3.90. The lowest BCUT2D eigenvalue weighted by Gasteiger charge is -2.06. The molecule has 0 amide bonds. The van der Waals surface area contributed by atoms with Gasteiger partial charge in [-0.2, -0.15) is 12.6 Å². The molecular formula is C9H10FNO3S. The maximum atomic E-state index is 13.3. The number of nitrogens with zero attached hydrogens (tertiary/aromatic N) is 1. The van der Waals surface area contributed by atoms with Crippen molar-refractivity contribution in [1.82, 2.24) is 0 Å². The summed E-state index contributed by atoms with van der Waals surface area (Å²) in [5.41, 5.74) is 0.126. The molecule has 4 nitrogen and oxygen atoms in total. The summed E-state index contributed by atoms with van der Waals surface area (Å²) in [6, 6.07) is 2.18. The minimum Gasteiger partial charge on any atom is -0.490 e. The summed E-state index contributed by atoms with van der Waals surface area (Å²) in [6.07, 6.45) is 0. The highest BCUT2D eigenvalue weighted by Gasteiger charge is 2.15. The number of halogens is 1. The minimum absolute atomic E-state index is 0.0205. The molecule has 82 valence electrons. The molecule has 15 heavy (non-hydrogen) atoms. The number of nitro benzene ring substituents is 1. The first-order chi connectivity index (χ1) is 7.06. The standard InChI is InChI=1S/C9H10FNO3S/c1-6-4-9(14-2-3-15)7(10)5-8(6)11(12)13/h4-5,15H,2-3H2,1H3. The highest BCUT2D eigenvalue weighted by Crippen LogP contribution is 2.26. The largest absolute Gasteiger partial charge is 0.490 e. The molecule has 0 saturated carbocycles. The van der Waals surface area contributed by atoms with E-state index in [0.29, 0.717) is 11.3 Å². The first kappa shape index (κ1) is 11.8. The fraction of sp³-hybridized carbons (Fsp3) is 0.333. The Morgan fingerprint density at radius 3 is 2.80 bits per heavy atom. The van der Waals surface area contributed by atoms with Gasteiger partial charge < -0.3 is 4.74 Å². The summed E-state index contributed by atoms with van der Waals surface area (Å²) in [4.78, 5) is 9.86. The number of rotatable bonds is 4. The Morgan fingerprint density at radius 1 is 1.60 bits per heavy atom. The van der Waals surface area contributed by atoms with Crippen molar-refractivity contribution in [3.8, 4) is 5.75 Å². The Balaban J connectivity index is 3.02. The number of ether oxygens (including phenoxy) is 1. The van der Waals surface area contributed by atoms with Crippen LogP contribution in [0.15, 0.2) is 12.1 Å². The lowest BCUT2D eigenvalue weighted by molar-refractivity contribution is -0.385. The van der Waals surface area contributed by atoms with E-state index >= 15 is 0 Å². The first-order valence-electron chi connectivity index (χ1n) is 4.24. The lowest BCUT2D eigenvalue weighted by atomic mass is 10.2. The molecule has 0 radical (unpaired) electrons. The topological polar surface area (TPSA) is 52.4 Å². The van der Waals surface area contributed by atoms with Gasteiger partial charge in [0.05, 0.1) is 17.6 Å². The van der Waals surface area contributed by atoms with Crippen molar-refractivity contribution in [3.63, 3.8) is 0 Å².